The Morgan fingerprint density at radius 2 is 2.00 bits per heavy atom. The smallest absolute Gasteiger partial charge is 0.136 e. The molecule has 0 aromatic carbocycles. The maximum atomic E-state index is 10.9. The van der Waals surface area contributed by atoms with Crippen LogP contribution < -0.4 is 0 Å². The molecule has 0 aliphatic heterocycles. The Balaban J connectivity index is 4.08. The van der Waals surface area contributed by atoms with Gasteiger partial charge in [-0.3, -0.25) is 4.79 Å². The lowest BCUT2D eigenvalue weighted by Crippen LogP contribution is -2.20. The van der Waals surface area contributed by atoms with Crippen LogP contribution in [0.3, 0.4) is 0 Å². The maximum absolute atomic E-state index is 10.9. The molecule has 0 unspecified atom stereocenters. The van der Waals surface area contributed by atoms with Gasteiger partial charge >= 0.3 is 0 Å². The molecule has 1 heteroatoms. The average molecular weight is 138 g/mol. The Hall–Kier alpha value is -0.770. The maximum Gasteiger partial charge on any atom is 0.136 e. The second-order valence-electron chi connectivity index (χ2n) is 3.04. The topological polar surface area (TPSA) is 17.1 Å². The Bertz CT molecular complexity index is 179. The zero-order valence-electron chi connectivity index (χ0n) is 7.12. The fraction of sp³-hybridized carbons (Fsp3) is 0.667. The third-order valence-corrected chi connectivity index (χ3v) is 1.66. The van der Waals surface area contributed by atoms with Crippen LogP contribution in [0.1, 0.15) is 34.1 Å². The molecule has 0 N–H and O–H groups in total. The summed E-state index contributed by atoms with van der Waals surface area (Å²) < 4.78 is 0. The van der Waals surface area contributed by atoms with Crippen molar-refractivity contribution in [3.05, 3.63) is 0 Å². The minimum atomic E-state index is -0.261. The van der Waals surface area contributed by atoms with E-state index in [2.05, 4.69) is 11.8 Å². The van der Waals surface area contributed by atoms with Crippen LogP contribution in [0.4, 0.5) is 0 Å². The molecule has 0 rings (SSSR count). The second kappa shape index (κ2) is 3.41. The van der Waals surface area contributed by atoms with Crippen LogP contribution in [-0.4, -0.2) is 5.78 Å². The third kappa shape index (κ3) is 2.68. The van der Waals surface area contributed by atoms with E-state index in [-0.39, 0.29) is 11.2 Å². The molecule has 56 valence electrons. The summed E-state index contributed by atoms with van der Waals surface area (Å²) >= 11 is 0. The van der Waals surface area contributed by atoms with Crippen molar-refractivity contribution in [3.63, 3.8) is 0 Å². The van der Waals surface area contributed by atoms with Crippen LogP contribution in [-0.2, 0) is 4.79 Å². The minimum Gasteiger partial charge on any atom is -0.299 e. The molecule has 0 saturated carbocycles. The SMILES string of the molecule is CC#CCC(C)(C)C(C)=O. The van der Waals surface area contributed by atoms with Crippen LogP contribution in [0.5, 0.6) is 0 Å². The predicted octanol–water partition coefficient (Wildman–Crippen LogP) is 2.02. The number of hydrogen-bond donors (Lipinski definition) is 0. The number of rotatable bonds is 2. The van der Waals surface area contributed by atoms with E-state index in [1.165, 1.54) is 0 Å². The molecule has 0 aromatic heterocycles. The Kier molecular flexibility index (Phi) is 3.15. The summed E-state index contributed by atoms with van der Waals surface area (Å²) in [6.07, 6.45) is 0.666. The highest BCUT2D eigenvalue weighted by atomic mass is 16.1. The standard InChI is InChI=1S/C9H14O/c1-5-6-7-9(3,4)8(2)10/h7H2,1-4H3. The van der Waals surface area contributed by atoms with Gasteiger partial charge in [0.1, 0.15) is 5.78 Å². The first-order chi connectivity index (χ1) is 4.50. The highest BCUT2D eigenvalue weighted by Crippen LogP contribution is 2.19. The molecule has 10 heavy (non-hydrogen) atoms. The molecule has 0 aliphatic carbocycles. The molecule has 0 fully saturated rings. The van der Waals surface area contributed by atoms with E-state index in [1.807, 2.05) is 13.8 Å². The normalized spacial score (nSPS) is 10.0. The van der Waals surface area contributed by atoms with Gasteiger partial charge in [-0.2, -0.15) is 0 Å². The van der Waals surface area contributed by atoms with Gasteiger partial charge in [-0.05, 0) is 13.8 Å². The first-order valence-electron chi connectivity index (χ1n) is 3.41. The molecule has 0 amide bonds. The highest BCUT2D eigenvalue weighted by Gasteiger charge is 2.21. The van der Waals surface area contributed by atoms with Crippen molar-refractivity contribution in [2.24, 2.45) is 5.41 Å². The first-order valence-corrected chi connectivity index (χ1v) is 3.41. The van der Waals surface area contributed by atoms with Crippen LogP contribution >= 0.6 is 0 Å². The largest absolute Gasteiger partial charge is 0.299 e. The molecule has 0 aliphatic rings. The van der Waals surface area contributed by atoms with Crippen LogP contribution in [0.2, 0.25) is 0 Å². The average Bonchev–Trinajstić information content (AvgIpc) is 1.84. The molecule has 0 spiro atoms. The minimum absolute atomic E-state index is 0.204. The van der Waals surface area contributed by atoms with Gasteiger partial charge in [0, 0.05) is 11.8 Å². The lowest BCUT2D eigenvalue weighted by Gasteiger charge is -2.16. The third-order valence-electron chi connectivity index (χ3n) is 1.66. The van der Waals surface area contributed by atoms with Gasteiger partial charge in [-0.25, -0.2) is 0 Å². The van der Waals surface area contributed by atoms with E-state index in [1.54, 1.807) is 13.8 Å². The zero-order chi connectivity index (χ0) is 8.20. The van der Waals surface area contributed by atoms with Crippen molar-refractivity contribution in [1.29, 1.82) is 0 Å². The predicted molar refractivity (Wildman–Crippen MR) is 42.5 cm³/mol. The first kappa shape index (κ1) is 9.23. The van der Waals surface area contributed by atoms with Crippen molar-refractivity contribution in [2.75, 3.05) is 0 Å². The Morgan fingerprint density at radius 3 is 2.30 bits per heavy atom. The van der Waals surface area contributed by atoms with Gasteiger partial charge in [0.05, 0.1) is 0 Å². The van der Waals surface area contributed by atoms with Gasteiger partial charge in [0.15, 0.2) is 0 Å². The van der Waals surface area contributed by atoms with E-state index >= 15 is 0 Å². The van der Waals surface area contributed by atoms with Gasteiger partial charge < -0.3 is 0 Å². The second-order valence-corrected chi connectivity index (χ2v) is 3.04. The number of carbonyl (C=O) groups is 1. The molecule has 0 bridgehead atoms. The fourth-order valence-corrected chi connectivity index (χ4v) is 0.434. The van der Waals surface area contributed by atoms with Crippen molar-refractivity contribution in [3.8, 4) is 11.8 Å². The van der Waals surface area contributed by atoms with Gasteiger partial charge in [-0.15, -0.1) is 11.8 Å². The van der Waals surface area contributed by atoms with E-state index in [0.29, 0.717) is 6.42 Å². The van der Waals surface area contributed by atoms with Crippen molar-refractivity contribution < 1.29 is 4.79 Å². The highest BCUT2D eigenvalue weighted by molar-refractivity contribution is 5.81. The summed E-state index contributed by atoms with van der Waals surface area (Å²) in [7, 11) is 0. The molecular formula is C9H14O. The molecular weight excluding hydrogens is 124 g/mol. The van der Waals surface area contributed by atoms with E-state index in [4.69, 9.17) is 0 Å². The summed E-state index contributed by atoms with van der Waals surface area (Å²) in [6, 6.07) is 0. The molecule has 0 heterocycles. The van der Waals surface area contributed by atoms with Crippen molar-refractivity contribution >= 4 is 5.78 Å². The summed E-state index contributed by atoms with van der Waals surface area (Å²) in [5.41, 5.74) is -0.261. The molecule has 1 nitrogen and oxygen atoms in total. The monoisotopic (exact) mass is 138 g/mol. The number of ketones is 1. The van der Waals surface area contributed by atoms with Crippen LogP contribution in [0.15, 0.2) is 0 Å². The van der Waals surface area contributed by atoms with E-state index in [0.717, 1.165) is 0 Å². The summed E-state index contributed by atoms with van der Waals surface area (Å²) in [5, 5.41) is 0. The molecule has 0 saturated heterocycles. The van der Waals surface area contributed by atoms with Gasteiger partial charge in [-0.1, -0.05) is 13.8 Å². The molecule has 0 atom stereocenters. The number of carbonyl (C=O) groups excluding carboxylic acids is 1. The van der Waals surface area contributed by atoms with Crippen LogP contribution in [0, 0.1) is 17.3 Å². The van der Waals surface area contributed by atoms with Crippen molar-refractivity contribution in [1.82, 2.24) is 0 Å². The quantitative estimate of drug-likeness (QED) is 0.533. The summed E-state index contributed by atoms with van der Waals surface area (Å²) in [5.74, 6) is 5.88. The van der Waals surface area contributed by atoms with Crippen molar-refractivity contribution in [2.45, 2.75) is 34.1 Å². The summed E-state index contributed by atoms with van der Waals surface area (Å²) in [6.45, 7) is 7.23. The molecule has 0 radical (unpaired) electrons. The zero-order valence-corrected chi connectivity index (χ0v) is 7.12. The van der Waals surface area contributed by atoms with E-state index < -0.39 is 0 Å². The van der Waals surface area contributed by atoms with Gasteiger partial charge in [0.2, 0.25) is 0 Å². The van der Waals surface area contributed by atoms with Gasteiger partial charge in [0.25, 0.3) is 0 Å². The lowest BCUT2D eigenvalue weighted by molar-refractivity contribution is -0.124. The molecule has 0 aromatic rings. The lowest BCUT2D eigenvalue weighted by atomic mass is 9.86. The Labute approximate surface area is 62.8 Å². The van der Waals surface area contributed by atoms with E-state index in [9.17, 15) is 4.79 Å². The Morgan fingerprint density at radius 1 is 1.50 bits per heavy atom. The fourth-order valence-electron chi connectivity index (χ4n) is 0.434. The number of Topliss-reactive ketones (excluding diaryl/α,β-unsaturated/α-hetero) is 1. The van der Waals surface area contributed by atoms with Crippen LogP contribution in [0.25, 0.3) is 0 Å². The summed E-state index contributed by atoms with van der Waals surface area (Å²) in [4.78, 5) is 10.9. The number of hydrogen-bond acceptors (Lipinski definition) is 1.